The van der Waals surface area contributed by atoms with Crippen LogP contribution in [0.15, 0.2) is 0 Å². The molecule has 0 spiro atoms. The predicted octanol–water partition coefficient (Wildman–Crippen LogP) is 0.398. The molecule has 0 aliphatic heterocycles. The molecule has 0 saturated heterocycles. The molecule has 0 amide bonds. The molecule has 0 aliphatic rings. The van der Waals surface area contributed by atoms with Crippen molar-refractivity contribution in [3.63, 3.8) is 0 Å². The van der Waals surface area contributed by atoms with E-state index in [1.54, 1.807) is 0 Å². The van der Waals surface area contributed by atoms with Crippen molar-refractivity contribution in [1.82, 2.24) is 0 Å². The van der Waals surface area contributed by atoms with Crippen LogP contribution >= 0.6 is 24.4 Å². The largest absolute Gasteiger partial charge is 0.480 e. The number of hydrogen-bond acceptors (Lipinski definition) is 4. The van der Waals surface area contributed by atoms with Gasteiger partial charge in [-0.2, -0.15) is 12.6 Å². The summed E-state index contributed by atoms with van der Waals surface area (Å²) in [4.78, 5) is 10.0. The van der Waals surface area contributed by atoms with Gasteiger partial charge in [-0.3, -0.25) is 4.79 Å². The van der Waals surface area contributed by atoms with Crippen LogP contribution < -0.4 is 0 Å². The van der Waals surface area contributed by atoms with E-state index in [-0.39, 0.29) is 0 Å². The van der Waals surface area contributed by atoms with Gasteiger partial charge in [-0.25, -0.2) is 0 Å². The lowest BCUT2D eigenvalue weighted by atomic mass is 10.8. The lowest BCUT2D eigenvalue weighted by Gasteiger charge is -2.05. The van der Waals surface area contributed by atoms with Gasteiger partial charge in [0.2, 0.25) is 0 Å². The van der Waals surface area contributed by atoms with Gasteiger partial charge in [0.05, 0.1) is 5.44 Å². The maximum Gasteiger partial charge on any atom is 0.326 e. The molecule has 2 N–H and O–H groups in total. The number of thiol groups is 1. The first-order chi connectivity index (χ1) is 4.04. The van der Waals surface area contributed by atoms with Crippen molar-refractivity contribution in [3.8, 4) is 0 Å². The maximum absolute atomic E-state index is 10.0. The van der Waals surface area contributed by atoms with Crippen LogP contribution in [0.2, 0.25) is 0 Å². The normalized spacial score (nSPS) is 16.8. The number of hydrogen-bond donors (Lipinski definition) is 3. The van der Waals surface area contributed by atoms with Crippen LogP contribution in [-0.4, -0.2) is 26.2 Å². The Morgan fingerprint density at radius 3 is 2.33 bits per heavy atom. The predicted molar refractivity (Wildman–Crippen MR) is 39.7 cm³/mol. The van der Waals surface area contributed by atoms with Crippen molar-refractivity contribution < 1.29 is 15.0 Å². The third-order valence-electron chi connectivity index (χ3n) is 0.537. The van der Waals surface area contributed by atoms with Crippen LogP contribution in [-0.2, 0) is 4.79 Å². The molecule has 0 rings (SSSR count). The number of carboxylic acids is 1. The Morgan fingerprint density at radius 2 is 2.22 bits per heavy atom. The second-order valence-electron chi connectivity index (χ2n) is 1.43. The van der Waals surface area contributed by atoms with Gasteiger partial charge in [-0.05, 0) is 6.92 Å². The molecule has 0 fully saturated rings. The summed E-state index contributed by atoms with van der Waals surface area (Å²) in [6, 6.07) is 0. The molecule has 0 bridgehead atoms. The molecule has 54 valence electrons. The summed E-state index contributed by atoms with van der Waals surface area (Å²) in [5.74, 6) is -1.02. The van der Waals surface area contributed by atoms with E-state index >= 15 is 0 Å². The smallest absolute Gasteiger partial charge is 0.326 e. The van der Waals surface area contributed by atoms with Crippen LogP contribution in [0.4, 0.5) is 0 Å². The minimum Gasteiger partial charge on any atom is -0.480 e. The number of aliphatic hydroxyl groups excluding tert-OH is 1. The molecule has 2 unspecified atom stereocenters. The summed E-state index contributed by atoms with van der Waals surface area (Å²) in [7, 11) is 0. The van der Waals surface area contributed by atoms with Crippen LogP contribution in [0.3, 0.4) is 0 Å². The number of rotatable bonds is 3. The number of aliphatic hydroxyl groups is 1. The number of carbonyl (C=O) groups is 1. The SMILES string of the molecule is CC(O)SC(S)C(=O)O. The van der Waals surface area contributed by atoms with Gasteiger partial charge >= 0.3 is 5.97 Å². The van der Waals surface area contributed by atoms with E-state index < -0.39 is 16.0 Å². The lowest BCUT2D eigenvalue weighted by Crippen LogP contribution is -2.12. The Bertz CT molecular complexity index is 104. The maximum atomic E-state index is 10.0. The van der Waals surface area contributed by atoms with Crippen LogP contribution in [0, 0.1) is 0 Å². The quantitative estimate of drug-likeness (QED) is 0.422. The standard InChI is InChI=1S/C4H8O3S2/c1-2(5)9-4(8)3(6)7/h2,4-5,8H,1H3,(H,6,7). The molecule has 0 heterocycles. The van der Waals surface area contributed by atoms with Crippen LogP contribution in [0.25, 0.3) is 0 Å². The average molecular weight is 168 g/mol. The average Bonchev–Trinajstić information content (AvgIpc) is 1.63. The zero-order chi connectivity index (χ0) is 7.44. The van der Waals surface area contributed by atoms with Crippen molar-refractivity contribution in [2.24, 2.45) is 0 Å². The summed E-state index contributed by atoms with van der Waals surface area (Å²) >= 11 is 4.55. The Hall–Kier alpha value is 0.130. The summed E-state index contributed by atoms with van der Waals surface area (Å²) < 4.78 is -0.829. The van der Waals surface area contributed by atoms with Gasteiger partial charge < -0.3 is 10.2 Å². The first-order valence-corrected chi connectivity index (χ1v) is 3.74. The third kappa shape index (κ3) is 4.62. The second-order valence-corrected chi connectivity index (χ2v) is 3.72. The molecular weight excluding hydrogens is 160 g/mol. The van der Waals surface area contributed by atoms with E-state index in [1.165, 1.54) is 6.92 Å². The zero-order valence-electron chi connectivity index (χ0n) is 4.81. The van der Waals surface area contributed by atoms with Crippen molar-refractivity contribution in [3.05, 3.63) is 0 Å². The van der Waals surface area contributed by atoms with Gasteiger partial charge in [0.25, 0.3) is 0 Å². The molecule has 0 radical (unpaired) electrons. The van der Waals surface area contributed by atoms with Crippen molar-refractivity contribution >= 4 is 30.4 Å². The Kier molecular flexibility index (Phi) is 4.09. The fourth-order valence-electron chi connectivity index (χ4n) is 0.245. The Morgan fingerprint density at radius 1 is 1.78 bits per heavy atom. The van der Waals surface area contributed by atoms with Crippen molar-refractivity contribution in [2.75, 3.05) is 0 Å². The highest BCUT2D eigenvalue weighted by molar-refractivity contribution is 8.11. The summed E-state index contributed by atoms with van der Waals surface area (Å²) in [6.07, 6.45) is 0. The van der Waals surface area contributed by atoms with E-state index in [0.29, 0.717) is 0 Å². The van der Waals surface area contributed by atoms with E-state index in [1.807, 2.05) is 0 Å². The highest BCUT2D eigenvalue weighted by Crippen LogP contribution is 2.18. The second kappa shape index (κ2) is 4.03. The molecule has 2 atom stereocenters. The molecule has 9 heavy (non-hydrogen) atoms. The van der Waals surface area contributed by atoms with E-state index in [4.69, 9.17) is 10.2 Å². The summed E-state index contributed by atoms with van der Waals surface area (Å²) in [6.45, 7) is 1.50. The summed E-state index contributed by atoms with van der Waals surface area (Å²) in [5.41, 5.74) is -0.677. The highest BCUT2D eigenvalue weighted by Gasteiger charge is 2.14. The van der Waals surface area contributed by atoms with Crippen LogP contribution in [0.5, 0.6) is 0 Å². The monoisotopic (exact) mass is 168 g/mol. The van der Waals surface area contributed by atoms with Crippen LogP contribution in [0.1, 0.15) is 6.92 Å². The number of carboxylic acid groups (broad SMARTS) is 1. The fraction of sp³-hybridized carbons (Fsp3) is 0.750. The lowest BCUT2D eigenvalue weighted by molar-refractivity contribution is -0.134. The molecule has 0 aromatic heterocycles. The first kappa shape index (κ1) is 9.13. The summed E-state index contributed by atoms with van der Waals surface area (Å²) in [5, 5.41) is 16.8. The van der Waals surface area contributed by atoms with Crippen molar-refractivity contribution in [2.45, 2.75) is 16.9 Å². The van der Waals surface area contributed by atoms with E-state index in [0.717, 1.165) is 11.8 Å². The topological polar surface area (TPSA) is 57.5 Å². The Labute approximate surface area is 62.9 Å². The number of aliphatic carboxylic acids is 1. The molecule has 0 aromatic rings. The third-order valence-corrected chi connectivity index (χ3v) is 1.98. The highest BCUT2D eigenvalue weighted by atomic mass is 32.2. The van der Waals surface area contributed by atoms with Gasteiger partial charge in [0.1, 0.15) is 4.58 Å². The molecule has 0 saturated carbocycles. The van der Waals surface area contributed by atoms with E-state index in [9.17, 15) is 4.79 Å². The van der Waals surface area contributed by atoms with Gasteiger partial charge in [-0.1, -0.05) is 0 Å². The Balaban J connectivity index is 3.50. The number of thioether (sulfide) groups is 1. The molecule has 0 aromatic carbocycles. The molecule has 3 nitrogen and oxygen atoms in total. The zero-order valence-corrected chi connectivity index (χ0v) is 6.52. The minimum atomic E-state index is -1.02. The first-order valence-electron chi connectivity index (χ1n) is 2.28. The fourth-order valence-corrected chi connectivity index (χ4v) is 1.26. The minimum absolute atomic E-state index is 0.677. The van der Waals surface area contributed by atoms with Gasteiger partial charge in [0.15, 0.2) is 0 Å². The van der Waals surface area contributed by atoms with E-state index in [2.05, 4.69) is 12.6 Å². The molecule has 0 aliphatic carbocycles. The molecular formula is C4H8O3S2. The van der Waals surface area contributed by atoms with Gasteiger partial charge in [-0.15, -0.1) is 11.8 Å². The van der Waals surface area contributed by atoms with Crippen molar-refractivity contribution in [1.29, 1.82) is 0 Å². The molecule has 5 heteroatoms. The van der Waals surface area contributed by atoms with Gasteiger partial charge in [0, 0.05) is 0 Å².